The van der Waals surface area contributed by atoms with Crippen LogP contribution in [0.2, 0.25) is 0 Å². The Hall–Kier alpha value is -1.34. The van der Waals surface area contributed by atoms with Crippen LogP contribution in [0.15, 0.2) is 12.1 Å². The summed E-state index contributed by atoms with van der Waals surface area (Å²) >= 11 is 0. The van der Waals surface area contributed by atoms with Crippen LogP contribution in [0.3, 0.4) is 0 Å². The van der Waals surface area contributed by atoms with E-state index in [0.717, 1.165) is 0 Å². The van der Waals surface area contributed by atoms with Gasteiger partial charge in [-0.1, -0.05) is 0 Å². The first-order valence-electron chi connectivity index (χ1n) is 5.20. The maximum atomic E-state index is 12.3. The molecule has 0 aliphatic carbocycles. The van der Waals surface area contributed by atoms with Crippen LogP contribution in [0, 0.1) is 0 Å². The molecule has 0 amide bonds. The second kappa shape index (κ2) is 5.75. The summed E-state index contributed by atoms with van der Waals surface area (Å²) in [5.74, 6) is 1.06. The first-order chi connectivity index (χ1) is 8.40. The number of halogens is 4. The van der Waals surface area contributed by atoms with Gasteiger partial charge in [0.15, 0.2) is 11.5 Å². The number of nitrogens with two attached hydrogens (primary N) is 1. The summed E-state index contributed by atoms with van der Waals surface area (Å²) in [6, 6.07) is 1.72. The standard InChI is InChI=1S/C11H12F3NO3.ClH/c1-16-8-2-6(7(15)4-11(12,13)14)3-9-10(8)18-5-17-9;/h2-3,7H,4-5,15H2,1H3;1H/t7-;/m1./s1. The van der Waals surface area contributed by atoms with Crippen molar-refractivity contribution in [3.63, 3.8) is 0 Å². The lowest BCUT2D eigenvalue weighted by molar-refractivity contribution is -0.138. The van der Waals surface area contributed by atoms with E-state index in [4.69, 9.17) is 19.9 Å². The molecule has 0 spiro atoms. The lowest BCUT2D eigenvalue weighted by atomic mass is 10.0. The second-order valence-electron chi connectivity index (χ2n) is 3.88. The highest BCUT2D eigenvalue weighted by Gasteiger charge is 2.32. The van der Waals surface area contributed by atoms with Crippen LogP contribution in [-0.4, -0.2) is 20.1 Å². The van der Waals surface area contributed by atoms with Crippen LogP contribution in [0.1, 0.15) is 18.0 Å². The summed E-state index contributed by atoms with van der Waals surface area (Å²) in [7, 11) is 1.40. The Bertz CT molecular complexity index is 454. The largest absolute Gasteiger partial charge is 0.493 e. The third-order valence-electron chi connectivity index (χ3n) is 2.56. The number of fused-ring (bicyclic) bond motifs is 1. The number of benzene rings is 1. The molecular weight excluding hydrogens is 287 g/mol. The molecule has 0 bridgehead atoms. The van der Waals surface area contributed by atoms with Gasteiger partial charge in [-0.3, -0.25) is 0 Å². The normalized spacial score (nSPS) is 14.8. The van der Waals surface area contributed by atoms with E-state index < -0.39 is 18.6 Å². The van der Waals surface area contributed by atoms with Crippen LogP contribution < -0.4 is 19.9 Å². The highest BCUT2D eigenvalue weighted by molar-refractivity contribution is 5.85. The van der Waals surface area contributed by atoms with Crippen LogP contribution in [-0.2, 0) is 0 Å². The Labute approximate surface area is 114 Å². The van der Waals surface area contributed by atoms with Crippen molar-refractivity contribution >= 4 is 12.4 Å². The molecule has 0 fully saturated rings. The average molecular weight is 300 g/mol. The van der Waals surface area contributed by atoms with Gasteiger partial charge < -0.3 is 19.9 Å². The molecule has 1 aromatic carbocycles. The van der Waals surface area contributed by atoms with Crippen LogP contribution in [0.25, 0.3) is 0 Å². The van der Waals surface area contributed by atoms with Crippen molar-refractivity contribution in [2.45, 2.75) is 18.6 Å². The number of ether oxygens (including phenoxy) is 3. The van der Waals surface area contributed by atoms with E-state index >= 15 is 0 Å². The van der Waals surface area contributed by atoms with Gasteiger partial charge in [0.05, 0.1) is 13.5 Å². The van der Waals surface area contributed by atoms with Gasteiger partial charge in [0.2, 0.25) is 12.5 Å². The van der Waals surface area contributed by atoms with Crippen molar-refractivity contribution in [3.8, 4) is 17.2 Å². The molecular formula is C11H13ClF3NO3. The molecule has 1 atom stereocenters. The number of rotatable bonds is 3. The zero-order valence-corrected chi connectivity index (χ0v) is 10.8. The highest BCUT2D eigenvalue weighted by Crippen LogP contribution is 2.43. The fourth-order valence-electron chi connectivity index (χ4n) is 1.73. The molecule has 2 rings (SSSR count). The summed E-state index contributed by atoms with van der Waals surface area (Å²) in [5.41, 5.74) is 5.83. The molecule has 8 heteroatoms. The van der Waals surface area contributed by atoms with Crippen molar-refractivity contribution in [1.29, 1.82) is 0 Å². The fourth-order valence-corrected chi connectivity index (χ4v) is 1.73. The van der Waals surface area contributed by atoms with Crippen LogP contribution in [0.5, 0.6) is 17.2 Å². The molecule has 0 saturated carbocycles. The smallest absolute Gasteiger partial charge is 0.390 e. The van der Waals surface area contributed by atoms with Crippen molar-refractivity contribution in [2.75, 3.05) is 13.9 Å². The second-order valence-corrected chi connectivity index (χ2v) is 3.88. The predicted molar refractivity (Wildman–Crippen MR) is 64.0 cm³/mol. The van der Waals surface area contributed by atoms with Gasteiger partial charge in [0, 0.05) is 6.04 Å². The van der Waals surface area contributed by atoms with Crippen molar-refractivity contribution in [2.24, 2.45) is 5.73 Å². The monoisotopic (exact) mass is 299 g/mol. The third-order valence-corrected chi connectivity index (χ3v) is 2.56. The fraction of sp³-hybridized carbons (Fsp3) is 0.455. The lowest BCUT2D eigenvalue weighted by Gasteiger charge is -2.16. The predicted octanol–water partition coefficient (Wildman–Crippen LogP) is 2.80. The molecule has 19 heavy (non-hydrogen) atoms. The van der Waals surface area contributed by atoms with Gasteiger partial charge in [-0.05, 0) is 17.7 Å². The maximum Gasteiger partial charge on any atom is 0.390 e. The maximum absolute atomic E-state index is 12.3. The lowest BCUT2D eigenvalue weighted by Crippen LogP contribution is -2.20. The number of methoxy groups -OCH3 is 1. The zero-order valence-electron chi connectivity index (χ0n) is 9.99. The molecule has 0 unspecified atom stereocenters. The van der Waals surface area contributed by atoms with E-state index in [1.54, 1.807) is 0 Å². The Balaban J connectivity index is 0.00000180. The SMILES string of the molecule is COc1cc([C@H](N)CC(F)(F)F)cc2c1OCO2.Cl. The summed E-state index contributed by atoms with van der Waals surface area (Å²) in [6.45, 7) is 0.0175. The minimum Gasteiger partial charge on any atom is -0.493 e. The first-order valence-corrected chi connectivity index (χ1v) is 5.20. The first kappa shape index (κ1) is 15.7. The van der Waals surface area contributed by atoms with Crippen LogP contribution >= 0.6 is 12.4 Å². The molecule has 0 aromatic heterocycles. The molecule has 1 aliphatic heterocycles. The summed E-state index contributed by atoms with van der Waals surface area (Å²) < 4.78 is 52.1. The molecule has 108 valence electrons. The minimum absolute atomic E-state index is 0. The third kappa shape index (κ3) is 3.57. The van der Waals surface area contributed by atoms with Crippen LogP contribution in [0.4, 0.5) is 13.2 Å². The van der Waals surface area contributed by atoms with E-state index in [-0.39, 0.29) is 19.2 Å². The van der Waals surface area contributed by atoms with Gasteiger partial charge >= 0.3 is 6.18 Å². The molecule has 1 heterocycles. The van der Waals surface area contributed by atoms with E-state index in [0.29, 0.717) is 22.8 Å². The highest BCUT2D eigenvalue weighted by atomic mass is 35.5. The number of hydrogen-bond donors (Lipinski definition) is 1. The van der Waals surface area contributed by atoms with Crippen molar-refractivity contribution < 1.29 is 27.4 Å². The van der Waals surface area contributed by atoms with E-state index in [1.807, 2.05) is 0 Å². The van der Waals surface area contributed by atoms with Gasteiger partial charge in [-0.2, -0.15) is 13.2 Å². The number of alkyl halides is 3. The molecule has 4 nitrogen and oxygen atoms in total. The minimum atomic E-state index is -4.32. The summed E-state index contributed by atoms with van der Waals surface area (Å²) in [4.78, 5) is 0. The Morgan fingerprint density at radius 2 is 2.05 bits per heavy atom. The zero-order chi connectivity index (χ0) is 13.3. The average Bonchev–Trinajstić information content (AvgIpc) is 2.73. The Morgan fingerprint density at radius 3 is 2.63 bits per heavy atom. The molecule has 1 aromatic rings. The molecule has 0 saturated heterocycles. The van der Waals surface area contributed by atoms with Gasteiger partial charge in [-0.15, -0.1) is 12.4 Å². The van der Waals surface area contributed by atoms with E-state index in [1.165, 1.54) is 19.2 Å². The summed E-state index contributed by atoms with van der Waals surface area (Å²) in [6.07, 6.45) is -5.42. The topological polar surface area (TPSA) is 53.7 Å². The van der Waals surface area contributed by atoms with Gasteiger partial charge in [0.1, 0.15) is 0 Å². The van der Waals surface area contributed by atoms with Gasteiger partial charge in [0.25, 0.3) is 0 Å². The molecule has 1 aliphatic rings. The quantitative estimate of drug-likeness (QED) is 0.932. The van der Waals surface area contributed by atoms with Gasteiger partial charge in [-0.25, -0.2) is 0 Å². The molecule has 2 N–H and O–H groups in total. The van der Waals surface area contributed by atoms with Crippen molar-refractivity contribution in [3.05, 3.63) is 17.7 Å². The molecule has 0 radical (unpaired) electrons. The van der Waals surface area contributed by atoms with E-state index in [2.05, 4.69) is 0 Å². The van der Waals surface area contributed by atoms with Crippen molar-refractivity contribution in [1.82, 2.24) is 0 Å². The Morgan fingerprint density at radius 1 is 1.37 bits per heavy atom. The van der Waals surface area contributed by atoms with E-state index in [9.17, 15) is 13.2 Å². The summed E-state index contributed by atoms with van der Waals surface area (Å²) in [5, 5.41) is 0. The number of hydrogen-bond acceptors (Lipinski definition) is 4. The Kier molecular flexibility index (Phi) is 4.75.